The quantitative estimate of drug-likeness (QED) is 0.819. The molecule has 0 saturated carbocycles. The Labute approximate surface area is 95.4 Å². The van der Waals surface area contributed by atoms with Crippen LogP contribution in [-0.4, -0.2) is 6.04 Å². The summed E-state index contributed by atoms with van der Waals surface area (Å²) in [5.41, 5.74) is 3.49. The molecular formula is C11H12F5N. The van der Waals surface area contributed by atoms with Gasteiger partial charge in [0.2, 0.25) is 0 Å². The van der Waals surface area contributed by atoms with Crippen molar-refractivity contribution in [3.63, 3.8) is 0 Å². The van der Waals surface area contributed by atoms with E-state index in [1.807, 2.05) is 0 Å². The lowest BCUT2D eigenvalue weighted by Crippen LogP contribution is -2.26. The molecule has 0 bridgehead atoms. The average molecular weight is 253 g/mol. The number of halogens is 5. The fourth-order valence-corrected chi connectivity index (χ4v) is 1.45. The monoisotopic (exact) mass is 253 g/mol. The van der Waals surface area contributed by atoms with Crippen LogP contribution in [0.5, 0.6) is 0 Å². The van der Waals surface area contributed by atoms with Crippen molar-refractivity contribution in [1.29, 1.82) is 0 Å². The van der Waals surface area contributed by atoms with E-state index in [2.05, 4.69) is 0 Å². The molecule has 17 heavy (non-hydrogen) atoms. The van der Waals surface area contributed by atoms with Crippen LogP contribution < -0.4 is 5.73 Å². The van der Waals surface area contributed by atoms with Crippen molar-refractivity contribution in [2.75, 3.05) is 0 Å². The lowest BCUT2D eigenvalue weighted by Gasteiger charge is -2.19. The zero-order valence-electron chi connectivity index (χ0n) is 9.06. The van der Waals surface area contributed by atoms with Crippen molar-refractivity contribution < 1.29 is 22.0 Å². The molecular weight excluding hydrogens is 241 g/mol. The normalized spacial score (nSPS) is 14.8. The molecule has 0 aromatic heterocycles. The van der Waals surface area contributed by atoms with Gasteiger partial charge < -0.3 is 5.73 Å². The van der Waals surface area contributed by atoms with E-state index in [-0.39, 0.29) is 0 Å². The third kappa shape index (κ3) is 3.66. The molecule has 0 heterocycles. The van der Waals surface area contributed by atoms with Gasteiger partial charge in [-0.05, 0) is 19.1 Å². The minimum absolute atomic E-state index is 0.461. The Kier molecular flexibility index (Phi) is 3.76. The topological polar surface area (TPSA) is 26.0 Å². The van der Waals surface area contributed by atoms with Crippen LogP contribution in [-0.2, 0) is 12.1 Å². The first kappa shape index (κ1) is 13.9. The molecule has 0 aliphatic heterocycles. The standard InChI is InChI=1S/C11H12F5N/c1-7(17)6-10(12,13)8-3-2-4-9(5-8)11(14,15)16/h2-5,7H,6,17H2,1H3. The van der Waals surface area contributed by atoms with Gasteiger partial charge in [-0.3, -0.25) is 0 Å². The molecule has 1 atom stereocenters. The van der Waals surface area contributed by atoms with Crippen LogP contribution in [0.25, 0.3) is 0 Å². The summed E-state index contributed by atoms with van der Waals surface area (Å²) in [4.78, 5) is 0. The first-order chi connectivity index (χ1) is 7.63. The Hall–Kier alpha value is -1.17. The molecule has 0 saturated heterocycles. The number of hydrogen-bond acceptors (Lipinski definition) is 1. The SMILES string of the molecule is CC(N)CC(F)(F)c1cccc(C(F)(F)F)c1. The van der Waals surface area contributed by atoms with Crippen molar-refractivity contribution in [2.24, 2.45) is 5.73 Å². The van der Waals surface area contributed by atoms with Crippen LogP contribution >= 0.6 is 0 Å². The molecule has 0 spiro atoms. The molecule has 0 aliphatic rings. The molecule has 1 rings (SSSR count). The zero-order valence-corrected chi connectivity index (χ0v) is 9.06. The summed E-state index contributed by atoms with van der Waals surface area (Å²) in [6, 6.07) is 2.36. The molecule has 96 valence electrons. The first-order valence-electron chi connectivity index (χ1n) is 4.94. The van der Waals surface area contributed by atoms with Gasteiger partial charge in [-0.1, -0.05) is 12.1 Å². The van der Waals surface area contributed by atoms with E-state index in [1.54, 1.807) is 0 Å². The summed E-state index contributed by atoms with van der Waals surface area (Å²) in [6.45, 7) is 1.38. The lowest BCUT2D eigenvalue weighted by molar-refractivity contribution is -0.137. The molecule has 0 radical (unpaired) electrons. The van der Waals surface area contributed by atoms with Crippen molar-refractivity contribution in [2.45, 2.75) is 31.5 Å². The molecule has 1 aromatic carbocycles. The Balaban J connectivity index is 3.07. The van der Waals surface area contributed by atoms with Gasteiger partial charge in [-0.25, -0.2) is 8.78 Å². The maximum absolute atomic E-state index is 13.5. The van der Waals surface area contributed by atoms with Crippen molar-refractivity contribution in [3.05, 3.63) is 35.4 Å². The van der Waals surface area contributed by atoms with E-state index in [0.29, 0.717) is 6.07 Å². The minimum Gasteiger partial charge on any atom is -0.328 e. The molecule has 1 aromatic rings. The van der Waals surface area contributed by atoms with Gasteiger partial charge in [0.15, 0.2) is 0 Å². The second kappa shape index (κ2) is 4.60. The van der Waals surface area contributed by atoms with Crippen molar-refractivity contribution in [1.82, 2.24) is 0 Å². The van der Waals surface area contributed by atoms with Crippen LogP contribution in [0.2, 0.25) is 0 Å². The second-order valence-corrected chi connectivity index (χ2v) is 3.96. The zero-order chi connectivity index (χ0) is 13.3. The molecule has 1 unspecified atom stereocenters. The molecule has 0 aliphatic carbocycles. The van der Waals surface area contributed by atoms with Crippen LogP contribution in [0, 0.1) is 0 Å². The van der Waals surface area contributed by atoms with E-state index in [9.17, 15) is 22.0 Å². The highest BCUT2D eigenvalue weighted by Gasteiger charge is 2.36. The van der Waals surface area contributed by atoms with Crippen molar-refractivity contribution in [3.8, 4) is 0 Å². The summed E-state index contributed by atoms with van der Waals surface area (Å²) in [5.74, 6) is -3.35. The van der Waals surface area contributed by atoms with Gasteiger partial charge in [-0.2, -0.15) is 13.2 Å². The lowest BCUT2D eigenvalue weighted by atomic mass is 10.00. The largest absolute Gasteiger partial charge is 0.416 e. The van der Waals surface area contributed by atoms with Gasteiger partial charge in [0, 0.05) is 18.0 Å². The maximum atomic E-state index is 13.5. The summed E-state index contributed by atoms with van der Waals surface area (Å²) < 4.78 is 64.1. The molecule has 1 nitrogen and oxygen atoms in total. The number of benzene rings is 1. The number of hydrogen-bond donors (Lipinski definition) is 1. The first-order valence-corrected chi connectivity index (χ1v) is 4.94. The Morgan fingerprint density at radius 2 is 1.65 bits per heavy atom. The van der Waals surface area contributed by atoms with Gasteiger partial charge in [0.1, 0.15) is 0 Å². The van der Waals surface area contributed by atoms with Crippen LogP contribution in [0.15, 0.2) is 24.3 Å². The predicted molar refractivity (Wildman–Crippen MR) is 53.6 cm³/mol. The van der Waals surface area contributed by atoms with Gasteiger partial charge in [-0.15, -0.1) is 0 Å². The Bertz CT molecular complexity index is 384. The molecule has 6 heteroatoms. The van der Waals surface area contributed by atoms with Crippen molar-refractivity contribution >= 4 is 0 Å². The van der Waals surface area contributed by atoms with Crippen LogP contribution in [0.4, 0.5) is 22.0 Å². The Morgan fingerprint density at radius 3 is 2.12 bits per heavy atom. The van der Waals surface area contributed by atoms with E-state index in [4.69, 9.17) is 5.73 Å². The van der Waals surface area contributed by atoms with E-state index >= 15 is 0 Å². The van der Waals surface area contributed by atoms with Gasteiger partial charge in [0.25, 0.3) is 5.92 Å². The molecule has 0 fully saturated rings. The smallest absolute Gasteiger partial charge is 0.328 e. The summed E-state index contributed by atoms with van der Waals surface area (Å²) in [6.07, 6.45) is -5.31. The highest BCUT2D eigenvalue weighted by Crippen LogP contribution is 2.36. The van der Waals surface area contributed by atoms with Crippen LogP contribution in [0.1, 0.15) is 24.5 Å². The highest BCUT2D eigenvalue weighted by molar-refractivity contribution is 5.28. The third-order valence-electron chi connectivity index (χ3n) is 2.19. The fraction of sp³-hybridized carbons (Fsp3) is 0.455. The Morgan fingerprint density at radius 1 is 1.12 bits per heavy atom. The second-order valence-electron chi connectivity index (χ2n) is 3.96. The third-order valence-corrected chi connectivity index (χ3v) is 2.19. The average Bonchev–Trinajstić information content (AvgIpc) is 2.14. The fourth-order valence-electron chi connectivity index (χ4n) is 1.45. The molecule has 0 amide bonds. The predicted octanol–water partition coefficient (Wildman–Crippen LogP) is 3.53. The molecule has 2 N–H and O–H groups in total. The van der Waals surface area contributed by atoms with E-state index in [0.717, 1.165) is 18.2 Å². The summed E-state index contributed by atoms with van der Waals surface area (Å²) in [7, 11) is 0. The van der Waals surface area contributed by atoms with Crippen LogP contribution in [0.3, 0.4) is 0 Å². The number of alkyl halides is 5. The van der Waals surface area contributed by atoms with Gasteiger partial charge in [0.05, 0.1) is 5.56 Å². The maximum Gasteiger partial charge on any atom is 0.416 e. The number of rotatable bonds is 3. The van der Waals surface area contributed by atoms with Gasteiger partial charge >= 0.3 is 6.18 Å². The summed E-state index contributed by atoms with van der Waals surface area (Å²) in [5, 5.41) is 0. The highest BCUT2D eigenvalue weighted by atomic mass is 19.4. The minimum atomic E-state index is -4.62. The van der Waals surface area contributed by atoms with E-state index in [1.165, 1.54) is 6.92 Å². The van der Waals surface area contributed by atoms with E-state index < -0.39 is 35.7 Å². The number of nitrogens with two attached hydrogens (primary N) is 1. The summed E-state index contributed by atoms with van der Waals surface area (Å²) >= 11 is 0.